The average molecular weight is 428 g/mol. The minimum atomic E-state index is -1.26. The lowest BCUT2D eigenvalue weighted by Crippen LogP contribution is -2.50. The summed E-state index contributed by atoms with van der Waals surface area (Å²) in [7, 11) is 0. The summed E-state index contributed by atoms with van der Waals surface area (Å²) < 4.78 is 10.0. The normalized spacial score (nSPS) is 12.4. The number of ether oxygens (including phenoxy) is 2. The summed E-state index contributed by atoms with van der Waals surface area (Å²) in [4.78, 5) is 46.7. The highest BCUT2D eigenvalue weighted by Gasteiger charge is 2.24. The van der Waals surface area contributed by atoms with Gasteiger partial charge in [0.25, 0.3) is 0 Å². The molecule has 0 radical (unpaired) electrons. The summed E-state index contributed by atoms with van der Waals surface area (Å²) in [5.41, 5.74) is 7.22. The second kappa shape index (κ2) is 10.9. The Labute approximate surface area is 179 Å². The summed E-state index contributed by atoms with van der Waals surface area (Å²) in [6.07, 6.45) is 0.153. The van der Waals surface area contributed by atoms with Crippen molar-refractivity contribution in [2.24, 2.45) is 5.73 Å². The molecule has 1 amide bonds. The molecule has 0 heterocycles. The Morgan fingerprint density at radius 1 is 0.903 bits per heavy atom. The summed E-state index contributed by atoms with van der Waals surface area (Å²) in [6.45, 7) is 2.37. The number of carbonyl (C=O) groups excluding carboxylic acids is 3. The number of nitrogens with one attached hydrogen (secondary N) is 1. The number of nitrogens with two attached hydrogens (primary N) is 1. The van der Waals surface area contributed by atoms with Crippen molar-refractivity contribution < 1.29 is 33.8 Å². The van der Waals surface area contributed by atoms with Gasteiger partial charge in [-0.1, -0.05) is 36.4 Å². The molecule has 0 spiro atoms. The molecule has 0 aromatic heterocycles. The molecule has 2 aromatic rings. The fraction of sp³-hybridized carbons (Fsp3) is 0.273. The van der Waals surface area contributed by atoms with E-state index in [1.54, 1.807) is 0 Å². The smallest absolute Gasteiger partial charge is 0.326 e. The van der Waals surface area contributed by atoms with Crippen LogP contribution in [0.1, 0.15) is 25.0 Å². The molecular formula is C22H24N2O7. The molecule has 164 valence electrons. The highest BCUT2D eigenvalue weighted by Crippen LogP contribution is 2.29. The molecule has 4 N–H and O–H groups in total. The van der Waals surface area contributed by atoms with E-state index in [1.807, 2.05) is 30.3 Å². The molecule has 9 nitrogen and oxygen atoms in total. The van der Waals surface area contributed by atoms with Crippen LogP contribution in [0.15, 0.2) is 48.5 Å². The number of esters is 2. The second-order valence-corrected chi connectivity index (χ2v) is 6.87. The Morgan fingerprint density at radius 3 is 2.10 bits per heavy atom. The number of carbonyl (C=O) groups is 4. The molecule has 0 aliphatic rings. The number of amides is 1. The molecule has 0 saturated heterocycles. The molecule has 0 aliphatic carbocycles. The standard InChI is InChI=1S/C22H24N2O7/c1-13(25)30-19-9-8-16(12-20(19)31-14(2)26)11-18(22(28)29)24-21(27)17(23)10-15-6-4-3-5-7-15/h3-9,12,17-18H,10-11,23H2,1-2H3,(H,24,27)(H,28,29). The van der Waals surface area contributed by atoms with Crippen LogP contribution in [-0.4, -0.2) is 41.0 Å². The fourth-order valence-corrected chi connectivity index (χ4v) is 2.83. The van der Waals surface area contributed by atoms with Crippen LogP contribution in [0.25, 0.3) is 0 Å². The van der Waals surface area contributed by atoms with Gasteiger partial charge in [-0.25, -0.2) is 4.79 Å². The number of hydrogen-bond acceptors (Lipinski definition) is 7. The molecule has 0 fully saturated rings. The first kappa shape index (κ1) is 23.6. The van der Waals surface area contributed by atoms with E-state index in [2.05, 4.69) is 5.32 Å². The van der Waals surface area contributed by atoms with Crippen molar-refractivity contribution in [2.45, 2.75) is 38.8 Å². The van der Waals surface area contributed by atoms with Gasteiger partial charge in [0.2, 0.25) is 5.91 Å². The zero-order chi connectivity index (χ0) is 23.0. The number of carboxylic acid groups (broad SMARTS) is 1. The Kier molecular flexibility index (Phi) is 8.27. The van der Waals surface area contributed by atoms with Gasteiger partial charge in [-0.3, -0.25) is 14.4 Å². The summed E-state index contributed by atoms with van der Waals surface area (Å²) in [6, 6.07) is 11.2. The van der Waals surface area contributed by atoms with Gasteiger partial charge in [0.15, 0.2) is 11.5 Å². The monoisotopic (exact) mass is 428 g/mol. The van der Waals surface area contributed by atoms with E-state index in [4.69, 9.17) is 15.2 Å². The lowest BCUT2D eigenvalue weighted by Gasteiger charge is -2.19. The molecule has 2 unspecified atom stereocenters. The Morgan fingerprint density at radius 2 is 1.52 bits per heavy atom. The maximum absolute atomic E-state index is 12.4. The van der Waals surface area contributed by atoms with E-state index in [1.165, 1.54) is 32.0 Å². The van der Waals surface area contributed by atoms with Crippen LogP contribution in [0.5, 0.6) is 11.5 Å². The first-order valence-electron chi connectivity index (χ1n) is 9.48. The minimum absolute atomic E-state index is 0.0206. The third-order valence-electron chi connectivity index (χ3n) is 4.21. The van der Waals surface area contributed by atoms with Crippen LogP contribution in [0, 0.1) is 0 Å². The van der Waals surface area contributed by atoms with Crippen LogP contribution in [0.3, 0.4) is 0 Å². The van der Waals surface area contributed by atoms with Crippen molar-refractivity contribution in [1.29, 1.82) is 0 Å². The zero-order valence-electron chi connectivity index (χ0n) is 17.2. The number of carboxylic acids is 1. The molecule has 2 atom stereocenters. The third kappa shape index (κ3) is 7.56. The van der Waals surface area contributed by atoms with Crippen LogP contribution in [0.2, 0.25) is 0 Å². The quantitative estimate of drug-likeness (QED) is 0.399. The van der Waals surface area contributed by atoms with E-state index in [0.29, 0.717) is 5.56 Å². The molecule has 2 aromatic carbocycles. The molecule has 0 aliphatic heterocycles. The van der Waals surface area contributed by atoms with Gasteiger partial charge in [0.1, 0.15) is 6.04 Å². The number of aliphatic carboxylic acids is 1. The molecule has 0 saturated carbocycles. The van der Waals surface area contributed by atoms with Gasteiger partial charge in [-0.05, 0) is 29.7 Å². The van der Waals surface area contributed by atoms with Crippen molar-refractivity contribution in [3.8, 4) is 11.5 Å². The predicted octanol–water partition coefficient (Wildman–Crippen LogP) is 1.22. The van der Waals surface area contributed by atoms with E-state index >= 15 is 0 Å². The van der Waals surface area contributed by atoms with Crippen LogP contribution in [0.4, 0.5) is 0 Å². The Bertz CT molecular complexity index is 960. The highest BCUT2D eigenvalue weighted by atomic mass is 16.6. The second-order valence-electron chi connectivity index (χ2n) is 6.87. The summed E-state index contributed by atoms with van der Waals surface area (Å²) in [5, 5.41) is 12.0. The summed E-state index contributed by atoms with van der Waals surface area (Å²) >= 11 is 0. The number of hydrogen-bond donors (Lipinski definition) is 3. The van der Waals surface area contributed by atoms with Crippen LogP contribution < -0.4 is 20.5 Å². The average Bonchev–Trinajstić information content (AvgIpc) is 2.69. The van der Waals surface area contributed by atoms with Crippen molar-refractivity contribution in [2.75, 3.05) is 0 Å². The summed E-state index contributed by atoms with van der Waals surface area (Å²) in [5.74, 6) is -3.11. The van der Waals surface area contributed by atoms with Gasteiger partial charge in [0, 0.05) is 20.3 Å². The Hall–Kier alpha value is -3.72. The zero-order valence-corrected chi connectivity index (χ0v) is 17.2. The van der Waals surface area contributed by atoms with E-state index in [9.17, 15) is 24.3 Å². The van der Waals surface area contributed by atoms with Crippen molar-refractivity contribution >= 4 is 23.8 Å². The Balaban J connectivity index is 2.13. The fourth-order valence-electron chi connectivity index (χ4n) is 2.83. The SMILES string of the molecule is CC(=O)Oc1ccc(CC(NC(=O)C(N)Cc2ccccc2)C(=O)O)cc1OC(C)=O. The van der Waals surface area contributed by atoms with Gasteiger partial charge in [-0.15, -0.1) is 0 Å². The molecule has 31 heavy (non-hydrogen) atoms. The molecule has 0 bridgehead atoms. The van der Waals surface area contributed by atoms with E-state index < -0.39 is 35.9 Å². The van der Waals surface area contributed by atoms with Gasteiger partial charge < -0.3 is 25.6 Å². The maximum Gasteiger partial charge on any atom is 0.326 e. The van der Waals surface area contributed by atoms with Gasteiger partial charge in [0.05, 0.1) is 6.04 Å². The van der Waals surface area contributed by atoms with Crippen molar-refractivity contribution in [3.05, 3.63) is 59.7 Å². The molecular weight excluding hydrogens is 404 g/mol. The predicted molar refractivity (Wildman–Crippen MR) is 110 cm³/mol. The first-order valence-corrected chi connectivity index (χ1v) is 9.48. The topological polar surface area (TPSA) is 145 Å². The lowest BCUT2D eigenvalue weighted by molar-refractivity contribution is -0.142. The highest BCUT2D eigenvalue weighted by molar-refractivity contribution is 5.87. The first-order chi connectivity index (χ1) is 14.7. The third-order valence-corrected chi connectivity index (χ3v) is 4.21. The van der Waals surface area contributed by atoms with Crippen molar-refractivity contribution in [3.63, 3.8) is 0 Å². The number of rotatable bonds is 9. The molecule has 2 rings (SSSR count). The minimum Gasteiger partial charge on any atom is -0.480 e. The van der Waals surface area contributed by atoms with E-state index in [-0.39, 0.29) is 24.3 Å². The van der Waals surface area contributed by atoms with Crippen LogP contribution in [-0.2, 0) is 32.0 Å². The van der Waals surface area contributed by atoms with Crippen LogP contribution >= 0.6 is 0 Å². The van der Waals surface area contributed by atoms with Gasteiger partial charge >= 0.3 is 17.9 Å². The van der Waals surface area contributed by atoms with E-state index in [0.717, 1.165) is 5.56 Å². The molecule has 9 heteroatoms. The maximum atomic E-state index is 12.4. The lowest BCUT2D eigenvalue weighted by atomic mass is 10.0. The number of benzene rings is 2. The van der Waals surface area contributed by atoms with Gasteiger partial charge in [-0.2, -0.15) is 0 Å². The van der Waals surface area contributed by atoms with Crippen molar-refractivity contribution in [1.82, 2.24) is 5.32 Å². The largest absolute Gasteiger partial charge is 0.480 e.